The number of thiazole rings is 1. The zero-order chi connectivity index (χ0) is 65.9. The van der Waals surface area contributed by atoms with Gasteiger partial charge in [-0.25, -0.2) is 4.98 Å². The second kappa shape index (κ2) is 38.2. The molecule has 2 saturated heterocycles. The van der Waals surface area contributed by atoms with Crippen LogP contribution >= 0.6 is 23.1 Å². The van der Waals surface area contributed by atoms with Crippen molar-refractivity contribution in [2.75, 3.05) is 78.8 Å². The van der Waals surface area contributed by atoms with Crippen molar-refractivity contribution >= 4 is 93.9 Å². The molecule has 3 heterocycles. The van der Waals surface area contributed by atoms with E-state index in [9.17, 15) is 57.8 Å². The van der Waals surface area contributed by atoms with E-state index < -0.39 is 71.1 Å². The van der Waals surface area contributed by atoms with Gasteiger partial charge in [-0.1, -0.05) is 59.6 Å². The first-order chi connectivity index (χ1) is 42.3. The number of esters is 1. The predicted molar refractivity (Wildman–Crippen MR) is 337 cm³/mol. The van der Waals surface area contributed by atoms with Crippen LogP contribution in [0.1, 0.15) is 158 Å². The van der Waals surface area contributed by atoms with Crippen molar-refractivity contribution in [1.82, 2.24) is 46.3 Å². The van der Waals surface area contributed by atoms with Crippen molar-refractivity contribution in [3.05, 3.63) is 45.4 Å². The van der Waals surface area contributed by atoms with E-state index in [1.807, 2.05) is 45.7 Å². The van der Waals surface area contributed by atoms with E-state index in [0.717, 1.165) is 41.2 Å². The Morgan fingerprint density at radius 2 is 1.64 bits per heavy atom. The highest BCUT2D eigenvalue weighted by atomic mass is 32.2. The van der Waals surface area contributed by atoms with Gasteiger partial charge >= 0.3 is 11.9 Å². The maximum Gasteiger partial charge on any atom is 0.306 e. The van der Waals surface area contributed by atoms with Gasteiger partial charge in [-0.2, -0.15) is 11.8 Å². The highest BCUT2D eigenvalue weighted by Gasteiger charge is 2.40. The molecule has 2 fully saturated rings. The second-order valence-electron chi connectivity index (χ2n) is 23.5. The molecule has 0 aliphatic carbocycles. The molecule has 9 atom stereocenters. The van der Waals surface area contributed by atoms with Crippen molar-refractivity contribution in [3.63, 3.8) is 0 Å². The third-order valence-electron chi connectivity index (χ3n) is 16.2. The van der Waals surface area contributed by atoms with Crippen LogP contribution in [0.15, 0.2) is 23.6 Å². The number of likely N-dealkylation sites (tertiary alicyclic amines) is 2. The van der Waals surface area contributed by atoms with Gasteiger partial charge in [-0.05, 0) is 107 Å². The number of carbonyl (C=O) groups excluding carboxylic acids is 10. The average molecular weight is 1290 g/mol. The number of nitrogens with one attached hydrogen (secondary N) is 6. The summed E-state index contributed by atoms with van der Waals surface area (Å²) in [6.07, 6.45) is 5.59. The normalized spacial score (nSPS) is 17.6. The van der Waals surface area contributed by atoms with E-state index in [2.05, 4.69) is 36.9 Å². The lowest BCUT2D eigenvalue weighted by atomic mass is 9.92. The molecule has 1 aromatic carbocycles. The average Bonchev–Trinajstić information content (AvgIpc) is 2.62. The number of likely N-dealkylation sites (N-methyl/N-ethyl adjacent to an activating group) is 2. The Hall–Kier alpha value is -6.55. The summed E-state index contributed by atoms with van der Waals surface area (Å²) in [5.74, 6) is -6.32. The third kappa shape index (κ3) is 24.6. The number of unbranched alkanes of at least 4 members (excludes halogenated alkanes) is 1. The van der Waals surface area contributed by atoms with Gasteiger partial charge in [0.1, 0.15) is 29.4 Å². The molecule has 0 radical (unpaired) electrons. The number of carboxylic acids is 1. The number of nitrogens with zero attached hydrogens (tertiary/aromatic N) is 4. The largest absolute Gasteiger partial charge is 0.481 e. The Bertz CT molecular complexity index is 2730. The number of imide groups is 1. The van der Waals surface area contributed by atoms with Gasteiger partial charge in [-0.15, -0.1) is 11.3 Å². The molecular weight excluding hydrogens is 1190 g/mol. The molecule has 2 aliphatic rings. The Labute approximate surface area is 531 Å². The van der Waals surface area contributed by atoms with E-state index in [1.165, 1.54) is 38.1 Å². The first-order valence-corrected chi connectivity index (χ1v) is 33.1. The fourth-order valence-electron chi connectivity index (χ4n) is 10.6. The molecule has 1 aromatic heterocycles. The summed E-state index contributed by atoms with van der Waals surface area (Å²) in [6, 6.07) is 2.02. The Kier molecular flexibility index (Phi) is 32.2. The van der Waals surface area contributed by atoms with Gasteiger partial charge in [0.25, 0.3) is 5.91 Å². The van der Waals surface area contributed by atoms with Crippen molar-refractivity contribution in [2.24, 2.45) is 17.8 Å². The molecule has 25 nitrogen and oxygen atoms in total. The number of hydrogen-bond donors (Lipinski definition) is 7. The molecular formula is C62H96N10O15S2. The van der Waals surface area contributed by atoms with Gasteiger partial charge in [0.15, 0.2) is 6.10 Å². The molecule has 2 aliphatic heterocycles. The van der Waals surface area contributed by atoms with Gasteiger partial charge < -0.3 is 56.1 Å². The minimum absolute atomic E-state index is 0.00263. The maximum absolute atomic E-state index is 14.4. The standard InChI is InChI=1S/C62H96N10O15S2/c1-12-38(4)55(69-58(80)47-19-14-16-26-70(47)8)61(82)71(9)48(37(2)3)33-49(87-41(7)73)59-68-46(36-89-59)57(79)65-43(30-40(6)62(83)84)31-42-22-21-39(5)45(32-42)67-51(74)20-17-25-64-56(78)44(18-13-15-24-63-53(76)35-86-29-28-85-10)66-52(75)23-27-72-54(77)34-50(88-11)60(72)81/h21-22,32,36-38,40,43-44,47-50,55H,12-20,23-31,33-35H2,1-11H3,(H,63,76)(H,64,78)(H,65,79)(H,66,75)(H,67,74)(H,69,80)(H,83,84)/t38?,40?,43-,44?,47?,48-,49-,50?,55+/m1/s1. The summed E-state index contributed by atoms with van der Waals surface area (Å²) >= 11 is 2.37. The van der Waals surface area contributed by atoms with Crippen LogP contribution in [0.25, 0.3) is 0 Å². The Morgan fingerprint density at radius 1 is 0.910 bits per heavy atom. The smallest absolute Gasteiger partial charge is 0.306 e. The highest BCUT2D eigenvalue weighted by Crippen LogP contribution is 2.32. The van der Waals surface area contributed by atoms with Crippen LogP contribution in [0.5, 0.6) is 0 Å². The molecule has 4 rings (SSSR count). The van der Waals surface area contributed by atoms with Crippen molar-refractivity contribution in [1.29, 1.82) is 0 Å². The SMILES string of the molecule is CCC(C)[C@H](NC(=O)C1CCCCN1C)C(=O)N(C)[C@H](C[C@@H](OC(C)=O)c1nc(C(=O)N[C@@H](Cc2ccc(C)c(NC(=O)CCCNC(=O)C(CCCCNC(=O)COCCOC)NC(=O)CCN3C(=O)CC(SC)C3=O)c2)CC(C)C(=O)O)cs1)C(C)C. The number of aliphatic carboxylic acids is 1. The number of carboxylic acid groups (broad SMARTS) is 1. The van der Waals surface area contributed by atoms with Gasteiger partial charge in [-0.3, -0.25) is 62.5 Å². The van der Waals surface area contributed by atoms with Crippen LogP contribution in [0.3, 0.4) is 0 Å². The molecule has 2 aromatic rings. The highest BCUT2D eigenvalue weighted by molar-refractivity contribution is 8.00. The summed E-state index contributed by atoms with van der Waals surface area (Å²) in [4.78, 5) is 154. The lowest BCUT2D eigenvalue weighted by Crippen LogP contribution is -2.58. The molecule has 0 spiro atoms. The quantitative estimate of drug-likeness (QED) is 0.0274. The number of benzene rings is 1. The topological polar surface area (TPSA) is 330 Å². The minimum Gasteiger partial charge on any atom is -0.481 e. The summed E-state index contributed by atoms with van der Waals surface area (Å²) in [5, 5.41) is 28.5. The fraction of sp³-hybridized carbons (Fsp3) is 0.677. The van der Waals surface area contributed by atoms with Crippen LogP contribution in [0.2, 0.25) is 0 Å². The lowest BCUT2D eigenvalue weighted by molar-refractivity contribution is -0.149. The lowest BCUT2D eigenvalue weighted by Gasteiger charge is -2.38. The van der Waals surface area contributed by atoms with Gasteiger partial charge in [0, 0.05) is 89.5 Å². The zero-order valence-corrected chi connectivity index (χ0v) is 55.3. The number of ether oxygens (including phenoxy) is 3. The number of aryl methyl sites for hydroxylation is 1. The van der Waals surface area contributed by atoms with E-state index >= 15 is 0 Å². The minimum atomic E-state index is -1.07. The van der Waals surface area contributed by atoms with Crippen LogP contribution in [-0.2, 0) is 68.6 Å². The number of methoxy groups -OCH3 is 1. The molecule has 5 unspecified atom stereocenters. The third-order valence-corrected chi connectivity index (χ3v) is 18.1. The van der Waals surface area contributed by atoms with Crippen LogP contribution < -0.4 is 31.9 Å². The molecule has 9 amide bonds. The van der Waals surface area contributed by atoms with Crippen molar-refractivity contribution < 1.29 is 72.1 Å². The van der Waals surface area contributed by atoms with E-state index in [0.29, 0.717) is 55.1 Å². The maximum atomic E-state index is 14.4. The predicted octanol–water partition coefficient (Wildman–Crippen LogP) is 4.55. The first kappa shape index (κ1) is 74.9. The second-order valence-corrected chi connectivity index (χ2v) is 25.5. The molecule has 7 N–H and O–H groups in total. The zero-order valence-electron chi connectivity index (χ0n) is 53.7. The number of amides is 9. The molecule has 0 saturated carbocycles. The number of carbonyl (C=O) groups is 11. The van der Waals surface area contributed by atoms with Gasteiger partial charge in [0.05, 0.1) is 30.4 Å². The summed E-state index contributed by atoms with van der Waals surface area (Å²) in [7, 11) is 5.12. The van der Waals surface area contributed by atoms with Crippen molar-refractivity contribution in [2.45, 2.75) is 180 Å². The summed E-state index contributed by atoms with van der Waals surface area (Å²) in [5.41, 5.74) is 1.89. The van der Waals surface area contributed by atoms with Crippen LogP contribution in [-0.4, -0.2) is 199 Å². The Balaban J connectivity index is 1.39. The van der Waals surface area contributed by atoms with E-state index in [-0.39, 0.29) is 137 Å². The molecule has 496 valence electrons. The monoisotopic (exact) mass is 1280 g/mol. The number of anilines is 1. The Morgan fingerprint density at radius 3 is 2.29 bits per heavy atom. The molecule has 0 bridgehead atoms. The van der Waals surface area contributed by atoms with Crippen LogP contribution in [0, 0.1) is 24.7 Å². The van der Waals surface area contributed by atoms with Gasteiger partial charge in [0.2, 0.25) is 47.3 Å². The number of thioether (sulfide) groups is 1. The summed E-state index contributed by atoms with van der Waals surface area (Å²) < 4.78 is 16.0. The number of rotatable bonds is 39. The number of aromatic nitrogens is 1. The molecule has 27 heteroatoms. The van der Waals surface area contributed by atoms with E-state index in [1.54, 1.807) is 37.3 Å². The van der Waals surface area contributed by atoms with Crippen molar-refractivity contribution in [3.8, 4) is 0 Å². The fourth-order valence-corrected chi connectivity index (χ4v) is 12.1. The number of hydrogen-bond acceptors (Lipinski definition) is 18. The van der Waals surface area contributed by atoms with Crippen LogP contribution in [0.4, 0.5) is 5.69 Å². The van der Waals surface area contributed by atoms with E-state index in [4.69, 9.17) is 14.2 Å². The number of piperidine rings is 1. The first-order valence-electron chi connectivity index (χ1n) is 30.9. The summed E-state index contributed by atoms with van der Waals surface area (Å²) in [6.45, 7) is 13.9. The molecule has 89 heavy (non-hydrogen) atoms.